The van der Waals surface area contributed by atoms with Gasteiger partial charge in [0.1, 0.15) is 6.61 Å². The smallest absolute Gasteiger partial charge is 0.212 e. The zero-order valence-corrected chi connectivity index (χ0v) is 15.4. The van der Waals surface area contributed by atoms with Crippen molar-refractivity contribution >= 4 is 12.4 Å². The van der Waals surface area contributed by atoms with Crippen LogP contribution in [0.25, 0.3) is 0 Å². The molecular weight excluding hydrogens is 322 g/mol. The second-order valence-electron chi connectivity index (χ2n) is 6.65. The number of hydrogen-bond donors (Lipinski definition) is 1. The van der Waals surface area contributed by atoms with E-state index >= 15 is 0 Å². The molecule has 1 N–H and O–H groups in total. The minimum Gasteiger partial charge on any atom is -0.473 e. The van der Waals surface area contributed by atoms with Crippen LogP contribution < -0.4 is 10.1 Å². The minimum absolute atomic E-state index is 0. The molecule has 0 spiro atoms. The van der Waals surface area contributed by atoms with E-state index in [1.165, 1.54) is 31.2 Å². The van der Waals surface area contributed by atoms with Crippen molar-refractivity contribution in [2.45, 2.75) is 51.8 Å². The van der Waals surface area contributed by atoms with Crippen molar-refractivity contribution in [1.82, 2.24) is 15.1 Å². The number of rotatable bonds is 6. The second-order valence-corrected chi connectivity index (χ2v) is 6.65. The Bertz CT molecular complexity index is 614. The Morgan fingerprint density at radius 2 is 2.04 bits per heavy atom. The molecule has 1 aliphatic carbocycles. The van der Waals surface area contributed by atoms with Gasteiger partial charge in [-0.05, 0) is 31.4 Å². The molecule has 1 saturated carbocycles. The van der Waals surface area contributed by atoms with Crippen LogP contribution in [0, 0.1) is 5.92 Å². The van der Waals surface area contributed by atoms with Gasteiger partial charge in [-0.1, -0.05) is 50.1 Å². The van der Waals surface area contributed by atoms with Gasteiger partial charge in [0.05, 0.1) is 11.7 Å². The molecule has 0 aliphatic heterocycles. The molecule has 5 heteroatoms. The number of nitrogens with one attached hydrogen (secondary N) is 1. The summed E-state index contributed by atoms with van der Waals surface area (Å²) in [5, 5.41) is 7.98. The summed E-state index contributed by atoms with van der Waals surface area (Å²) in [6.45, 7) is 3.71. The predicted octanol–water partition coefficient (Wildman–Crippen LogP) is 4.35. The van der Waals surface area contributed by atoms with Crippen LogP contribution in [0.4, 0.5) is 0 Å². The third-order valence-corrected chi connectivity index (χ3v) is 4.59. The number of halogens is 1. The van der Waals surface area contributed by atoms with Crippen LogP contribution in [-0.4, -0.2) is 16.8 Å². The van der Waals surface area contributed by atoms with Gasteiger partial charge in [-0.15, -0.1) is 12.4 Å². The Morgan fingerprint density at radius 1 is 1.25 bits per heavy atom. The molecule has 3 rings (SSSR count). The molecule has 2 aromatic rings. The molecule has 0 amide bonds. The van der Waals surface area contributed by atoms with E-state index in [4.69, 9.17) is 9.84 Å². The molecule has 1 heterocycles. The van der Waals surface area contributed by atoms with Gasteiger partial charge in [0.15, 0.2) is 0 Å². The molecule has 1 aromatic heterocycles. The molecule has 0 radical (unpaired) electrons. The first kappa shape index (κ1) is 18.8. The highest BCUT2D eigenvalue weighted by Gasteiger charge is 2.24. The molecule has 0 bridgehead atoms. The summed E-state index contributed by atoms with van der Waals surface area (Å²) in [5.74, 6) is 1.67. The Kier molecular flexibility index (Phi) is 7.13. The fourth-order valence-corrected chi connectivity index (χ4v) is 3.42. The maximum atomic E-state index is 6.11. The topological polar surface area (TPSA) is 39.1 Å². The Morgan fingerprint density at radius 3 is 2.75 bits per heavy atom. The van der Waals surface area contributed by atoms with Crippen LogP contribution in [-0.2, 0) is 13.2 Å². The lowest BCUT2D eigenvalue weighted by Crippen LogP contribution is -2.20. The van der Waals surface area contributed by atoms with Gasteiger partial charge in [-0.3, -0.25) is 0 Å². The monoisotopic (exact) mass is 349 g/mol. The summed E-state index contributed by atoms with van der Waals surface area (Å²) in [7, 11) is 1.95. The maximum Gasteiger partial charge on any atom is 0.212 e. The van der Waals surface area contributed by atoms with Crippen LogP contribution in [0.1, 0.15) is 49.9 Å². The molecule has 2 atom stereocenters. The van der Waals surface area contributed by atoms with Crippen molar-refractivity contribution in [3.8, 4) is 5.88 Å². The molecular formula is C19H28ClN3O. The minimum atomic E-state index is 0. The predicted molar refractivity (Wildman–Crippen MR) is 99.7 cm³/mol. The number of aromatic nitrogens is 2. The summed E-state index contributed by atoms with van der Waals surface area (Å²) in [6, 6.07) is 12.9. The Labute approximate surface area is 151 Å². The third-order valence-electron chi connectivity index (χ3n) is 4.59. The first-order valence-electron chi connectivity index (χ1n) is 8.66. The summed E-state index contributed by atoms with van der Waals surface area (Å²) >= 11 is 0. The van der Waals surface area contributed by atoms with Crippen molar-refractivity contribution in [3.05, 3.63) is 47.7 Å². The highest BCUT2D eigenvalue weighted by Crippen LogP contribution is 2.34. The van der Waals surface area contributed by atoms with Crippen LogP contribution >= 0.6 is 12.4 Å². The van der Waals surface area contributed by atoms with Gasteiger partial charge in [-0.2, -0.15) is 5.10 Å². The van der Waals surface area contributed by atoms with Crippen LogP contribution in [0.15, 0.2) is 36.4 Å². The molecule has 0 unspecified atom stereocenters. The number of nitrogens with zero attached hydrogens (tertiary/aromatic N) is 2. The molecule has 1 aliphatic rings. The van der Waals surface area contributed by atoms with Crippen molar-refractivity contribution in [2.24, 2.45) is 5.92 Å². The molecule has 24 heavy (non-hydrogen) atoms. The standard InChI is InChI=1S/C19H27N3O.ClH/c1-15-7-6-10-18(11-15)22-19(12-17(21-22)13-20-2)23-14-16-8-4-3-5-9-16;/h3-5,8-9,12,15,18,20H,6-7,10-11,13-14H2,1-2H3;1H/t15-,18+;/m1./s1. The number of ether oxygens (including phenoxy) is 1. The van der Waals surface area contributed by atoms with E-state index in [0.29, 0.717) is 12.6 Å². The average Bonchev–Trinajstić information content (AvgIpc) is 2.97. The lowest BCUT2D eigenvalue weighted by atomic mass is 9.87. The largest absolute Gasteiger partial charge is 0.473 e. The zero-order chi connectivity index (χ0) is 16.1. The van der Waals surface area contributed by atoms with Gasteiger partial charge in [0, 0.05) is 12.6 Å². The van der Waals surface area contributed by atoms with Crippen LogP contribution in [0.3, 0.4) is 0 Å². The first-order chi connectivity index (χ1) is 11.3. The van der Waals surface area contributed by atoms with Crippen molar-refractivity contribution in [2.75, 3.05) is 7.05 Å². The lowest BCUT2D eigenvalue weighted by Gasteiger charge is -2.28. The van der Waals surface area contributed by atoms with Gasteiger partial charge in [-0.25, -0.2) is 4.68 Å². The fraction of sp³-hybridized carbons (Fsp3) is 0.526. The molecule has 1 fully saturated rings. The molecule has 132 valence electrons. The van der Waals surface area contributed by atoms with Gasteiger partial charge < -0.3 is 10.1 Å². The van der Waals surface area contributed by atoms with E-state index in [1.54, 1.807) is 0 Å². The number of hydrogen-bond acceptors (Lipinski definition) is 3. The quantitative estimate of drug-likeness (QED) is 0.842. The molecule has 1 aromatic carbocycles. The third kappa shape index (κ3) is 4.74. The zero-order valence-electron chi connectivity index (χ0n) is 14.6. The Hall–Kier alpha value is -1.52. The highest BCUT2D eigenvalue weighted by molar-refractivity contribution is 5.85. The second kappa shape index (κ2) is 9.09. The lowest BCUT2D eigenvalue weighted by molar-refractivity contribution is 0.216. The summed E-state index contributed by atoms with van der Waals surface area (Å²) in [4.78, 5) is 0. The van der Waals surface area contributed by atoms with Gasteiger partial charge >= 0.3 is 0 Å². The Balaban J connectivity index is 0.00000208. The van der Waals surface area contributed by atoms with Crippen molar-refractivity contribution in [1.29, 1.82) is 0 Å². The highest BCUT2D eigenvalue weighted by atomic mass is 35.5. The van der Waals surface area contributed by atoms with E-state index in [-0.39, 0.29) is 12.4 Å². The number of benzene rings is 1. The average molecular weight is 350 g/mol. The van der Waals surface area contributed by atoms with E-state index in [9.17, 15) is 0 Å². The van der Waals surface area contributed by atoms with Gasteiger partial charge in [0.2, 0.25) is 5.88 Å². The molecule has 4 nitrogen and oxygen atoms in total. The summed E-state index contributed by atoms with van der Waals surface area (Å²) < 4.78 is 8.24. The van der Waals surface area contributed by atoms with Crippen LogP contribution in [0.2, 0.25) is 0 Å². The van der Waals surface area contributed by atoms with E-state index in [1.807, 2.05) is 25.2 Å². The fourth-order valence-electron chi connectivity index (χ4n) is 3.42. The van der Waals surface area contributed by atoms with Gasteiger partial charge in [0.25, 0.3) is 0 Å². The first-order valence-corrected chi connectivity index (χ1v) is 8.66. The van der Waals surface area contributed by atoms with E-state index < -0.39 is 0 Å². The summed E-state index contributed by atoms with van der Waals surface area (Å²) in [5.41, 5.74) is 2.24. The van der Waals surface area contributed by atoms with Crippen molar-refractivity contribution in [3.63, 3.8) is 0 Å². The van der Waals surface area contributed by atoms with Crippen LogP contribution in [0.5, 0.6) is 5.88 Å². The molecule has 0 saturated heterocycles. The van der Waals surface area contributed by atoms with Crippen molar-refractivity contribution < 1.29 is 4.74 Å². The normalized spacial score (nSPS) is 20.4. The summed E-state index contributed by atoms with van der Waals surface area (Å²) in [6.07, 6.45) is 5.02. The van der Waals surface area contributed by atoms with E-state index in [2.05, 4.69) is 35.1 Å². The SMILES string of the molecule is CNCc1cc(OCc2ccccc2)n([C@H]2CCC[C@@H](C)C2)n1.Cl. The maximum absolute atomic E-state index is 6.11. The van der Waals surface area contributed by atoms with E-state index in [0.717, 1.165) is 24.0 Å².